The van der Waals surface area contributed by atoms with Gasteiger partial charge in [0.05, 0.1) is 17.2 Å². The summed E-state index contributed by atoms with van der Waals surface area (Å²) < 4.78 is 48.7. The van der Waals surface area contributed by atoms with Crippen LogP contribution in [0.2, 0.25) is 0 Å². The lowest BCUT2D eigenvalue weighted by Gasteiger charge is -2.27. The first-order valence-corrected chi connectivity index (χ1v) is 8.42. The predicted molar refractivity (Wildman–Crippen MR) is 76.1 cm³/mol. The summed E-state index contributed by atoms with van der Waals surface area (Å²) in [6.45, 7) is 0.378. The largest absolute Gasteiger partial charge is 0.396 e. The van der Waals surface area contributed by atoms with E-state index in [0.717, 1.165) is 25.7 Å². The van der Waals surface area contributed by atoms with Crippen LogP contribution in [0.5, 0.6) is 0 Å². The summed E-state index contributed by atoms with van der Waals surface area (Å²) in [5.74, 6) is -3.45. The zero-order valence-electron chi connectivity index (χ0n) is 11.6. The normalized spacial score (nSPS) is 18.1. The molecule has 0 aliphatic heterocycles. The number of alkyl halides is 2. The van der Waals surface area contributed by atoms with Gasteiger partial charge >= 0.3 is 5.76 Å². The monoisotopic (exact) mass is 319 g/mol. The molecule has 0 bridgehead atoms. The summed E-state index contributed by atoms with van der Waals surface area (Å²) in [7, 11) is -4.64. The summed E-state index contributed by atoms with van der Waals surface area (Å²) >= 11 is 0. The molecule has 0 radical (unpaired) electrons. The molecule has 1 saturated carbocycles. The standard InChI is InChI=1S/C14H19F2NO3S/c15-13(16)21(19,20)12-6-2-1-5-11(12)17-9-14(10-18)7-3-4-8-14/h1-2,5-6,13,17-18H,3-4,7-10H2. The highest BCUT2D eigenvalue weighted by molar-refractivity contribution is 7.91. The molecule has 0 amide bonds. The van der Waals surface area contributed by atoms with Crippen molar-refractivity contribution in [3.05, 3.63) is 24.3 Å². The first kappa shape index (κ1) is 16.2. The third-order valence-electron chi connectivity index (χ3n) is 4.08. The van der Waals surface area contributed by atoms with Gasteiger partial charge < -0.3 is 10.4 Å². The fourth-order valence-electron chi connectivity index (χ4n) is 2.76. The SMILES string of the molecule is O=S(=O)(c1ccccc1NCC1(CO)CCCC1)C(F)F. The minimum Gasteiger partial charge on any atom is -0.396 e. The van der Waals surface area contributed by atoms with Gasteiger partial charge in [0.1, 0.15) is 0 Å². The Hall–Kier alpha value is -1.21. The van der Waals surface area contributed by atoms with Gasteiger partial charge in [0, 0.05) is 12.0 Å². The van der Waals surface area contributed by atoms with Gasteiger partial charge in [0.2, 0.25) is 9.84 Å². The van der Waals surface area contributed by atoms with Crippen LogP contribution in [0.3, 0.4) is 0 Å². The summed E-state index contributed by atoms with van der Waals surface area (Å²) in [5.41, 5.74) is -0.126. The highest BCUT2D eigenvalue weighted by Gasteiger charge is 2.34. The number of hydrogen-bond donors (Lipinski definition) is 2. The second kappa shape index (κ2) is 6.27. The average molecular weight is 319 g/mol. The van der Waals surface area contributed by atoms with Crippen LogP contribution in [0.1, 0.15) is 25.7 Å². The molecule has 2 rings (SSSR count). The number of benzene rings is 1. The summed E-state index contributed by atoms with van der Waals surface area (Å²) in [6, 6.07) is 5.64. The lowest BCUT2D eigenvalue weighted by molar-refractivity contribution is 0.142. The number of aliphatic hydroxyl groups is 1. The van der Waals surface area contributed by atoms with Crippen LogP contribution in [0.4, 0.5) is 14.5 Å². The van der Waals surface area contributed by atoms with Crippen LogP contribution >= 0.6 is 0 Å². The predicted octanol–water partition coefficient (Wildman–Crippen LogP) is 2.65. The fraction of sp³-hybridized carbons (Fsp3) is 0.571. The molecule has 1 fully saturated rings. The van der Waals surface area contributed by atoms with E-state index in [1.807, 2.05) is 0 Å². The number of halogens is 2. The molecule has 1 aromatic carbocycles. The van der Waals surface area contributed by atoms with Gasteiger partial charge in [-0.15, -0.1) is 0 Å². The van der Waals surface area contributed by atoms with E-state index in [-0.39, 0.29) is 17.7 Å². The van der Waals surface area contributed by atoms with Crippen molar-refractivity contribution in [1.82, 2.24) is 0 Å². The maximum Gasteiger partial charge on any atom is 0.341 e. The van der Waals surface area contributed by atoms with E-state index >= 15 is 0 Å². The maximum atomic E-state index is 12.7. The molecule has 21 heavy (non-hydrogen) atoms. The van der Waals surface area contributed by atoms with Crippen LogP contribution in [0, 0.1) is 5.41 Å². The Kier molecular flexibility index (Phi) is 4.83. The average Bonchev–Trinajstić information content (AvgIpc) is 2.95. The minimum absolute atomic E-state index is 0.00373. The first-order chi connectivity index (χ1) is 9.91. The van der Waals surface area contributed by atoms with E-state index in [2.05, 4.69) is 5.32 Å². The third kappa shape index (κ3) is 3.35. The van der Waals surface area contributed by atoms with Crippen LogP contribution in [-0.2, 0) is 9.84 Å². The highest BCUT2D eigenvalue weighted by Crippen LogP contribution is 2.38. The Morgan fingerprint density at radius 2 is 1.86 bits per heavy atom. The number of para-hydroxylation sites is 1. The second-order valence-corrected chi connectivity index (χ2v) is 7.41. The number of aliphatic hydroxyl groups excluding tert-OH is 1. The maximum absolute atomic E-state index is 12.7. The van der Waals surface area contributed by atoms with Gasteiger partial charge in [-0.3, -0.25) is 0 Å². The third-order valence-corrected chi connectivity index (χ3v) is 5.52. The van der Waals surface area contributed by atoms with E-state index in [1.165, 1.54) is 18.2 Å². The molecule has 118 valence electrons. The van der Waals surface area contributed by atoms with Crippen molar-refractivity contribution in [2.75, 3.05) is 18.5 Å². The minimum atomic E-state index is -4.64. The molecule has 4 nitrogen and oxygen atoms in total. The first-order valence-electron chi connectivity index (χ1n) is 6.87. The molecule has 0 heterocycles. The zero-order valence-corrected chi connectivity index (χ0v) is 12.4. The summed E-state index contributed by atoms with van der Waals surface area (Å²) in [5, 5.41) is 12.5. The molecule has 1 aliphatic carbocycles. The Morgan fingerprint density at radius 3 is 2.43 bits per heavy atom. The fourth-order valence-corrected chi connectivity index (χ4v) is 3.66. The summed E-state index contributed by atoms with van der Waals surface area (Å²) in [6.07, 6.45) is 3.72. The van der Waals surface area contributed by atoms with Gasteiger partial charge in [-0.1, -0.05) is 25.0 Å². The van der Waals surface area contributed by atoms with E-state index in [1.54, 1.807) is 6.07 Å². The van der Waals surface area contributed by atoms with Gasteiger partial charge in [-0.05, 0) is 25.0 Å². The Labute approximate surface area is 123 Å². The van der Waals surface area contributed by atoms with E-state index in [0.29, 0.717) is 6.54 Å². The lowest BCUT2D eigenvalue weighted by Crippen LogP contribution is -2.31. The Balaban J connectivity index is 2.22. The topological polar surface area (TPSA) is 66.4 Å². The Morgan fingerprint density at radius 1 is 1.24 bits per heavy atom. The Bertz CT molecular complexity index is 584. The molecule has 2 N–H and O–H groups in total. The molecular weight excluding hydrogens is 300 g/mol. The number of hydrogen-bond acceptors (Lipinski definition) is 4. The van der Waals surface area contributed by atoms with Crippen molar-refractivity contribution in [2.45, 2.75) is 36.3 Å². The van der Waals surface area contributed by atoms with Crippen molar-refractivity contribution < 1.29 is 22.3 Å². The molecule has 0 saturated heterocycles. The van der Waals surface area contributed by atoms with Gasteiger partial charge in [0.25, 0.3) is 0 Å². The number of anilines is 1. The van der Waals surface area contributed by atoms with Crippen molar-refractivity contribution >= 4 is 15.5 Å². The van der Waals surface area contributed by atoms with Crippen LogP contribution in [0.15, 0.2) is 29.2 Å². The van der Waals surface area contributed by atoms with Crippen molar-refractivity contribution in [1.29, 1.82) is 0 Å². The zero-order chi connectivity index (χ0) is 15.5. The molecule has 1 aliphatic rings. The van der Waals surface area contributed by atoms with Crippen molar-refractivity contribution in [2.24, 2.45) is 5.41 Å². The van der Waals surface area contributed by atoms with Crippen LogP contribution in [-0.4, -0.2) is 32.4 Å². The molecule has 7 heteroatoms. The molecule has 0 spiro atoms. The smallest absolute Gasteiger partial charge is 0.341 e. The highest BCUT2D eigenvalue weighted by atomic mass is 32.2. The van der Waals surface area contributed by atoms with Gasteiger partial charge in [-0.2, -0.15) is 8.78 Å². The van der Waals surface area contributed by atoms with Gasteiger partial charge in [-0.25, -0.2) is 8.42 Å². The lowest BCUT2D eigenvalue weighted by atomic mass is 9.87. The molecular formula is C14H19F2NO3S. The number of sulfone groups is 1. The van der Waals surface area contributed by atoms with Crippen LogP contribution in [0.25, 0.3) is 0 Å². The molecule has 1 aromatic rings. The van der Waals surface area contributed by atoms with Crippen molar-refractivity contribution in [3.63, 3.8) is 0 Å². The van der Waals surface area contributed by atoms with Gasteiger partial charge in [0.15, 0.2) is 0 Å². The van der Waals surface area contributed by atoms with Crippen LogP contribution < -0.4 is 5.32 Å². The van der Waals surface area contributed by atoms with E-state index in [4.69, 9.17) is 0 Å². The molecule has 0 aromatic heterocycles. The number of rotatable bonds is 6. The van der Waals surface area contributed by atoms with E-state index < -0.39 is 20.5 Å². The molecule has 0 atom stereocenters. The quantitative estimate of drug-likeness (QED) is 0.846. The van der Waals surface area contributed by atoms with E-state index in [9.17, 15) is 22.3 Å². The number of nitrogens with one attached hydrogen (secondary N) is 1. The van der Waals surface area contributed by atoms with Crippen molar-refractivity contribution in [3.8, 4) is 0 Å². The molecule has 0 unspecified atom stereocenters. The summed E-state index contributed by atoms with van der Waals surface area (Å²) in [4.78, 5) is -0.397. The second-order valence-electron chi connectivity index (χ2n) is 5.52.